The summed E-state index contributed by atoms with van der Waals surface area (Å²) in [5, 5.41) is 7.03. The van der Waals surface area contributed by atoms with Gasteiger partial charge in [0.2, 0.25) is 0 Å². The van der Waals surface area contributed by atoms with Gasteiger partial charge in [0.1, 0.15) is 11.4 Å². The van der Waals surface area contributed by atoms with Crippen molar-refractivity contribution in [2.24, 2.45) is 0 Å². The van der Waals surface area contributed by atoms with Gasteiger partial charge in [-0.1, -0.05) is 0 Å². The van der Waals surface area contributed by atoms with Gasteiger partial charge >= 0.3 is 59.1 Å². The van der Waals surface area contributed by atoms with Gasteiger partial charge in [-0.2, -0.15) is 0 Å². The van der Waals surface area contributed by atoms with Crippen LogP contribution >= 0.6 is 0 Å². The summed E-state index contributed by atoms with van der Waals surface area (Å²) < 4.78 is 20.5. The fourth-order valence-corrected chi connectivity index (χ4v) is 0. The minimum Gasteiger partial charge on any atom is -0.870 e. The second kappa shape index (κ2) is 16.0. The van der Waals surface area contributed by atoms with Crippen molar-refractivity contribution in [3.05, 3.63) is 0 Å². The van der Waals surface area contributed by atoms with E-state index in [0.717, 1.165) is 0 Å². The second-order valence-corrected chi connectivity index (χ2v) is 0.836. The molecule has 0 aromatic rings. The molecule has 0 spiro atoms. The van der Waals surface area contributed by atoms with E-state index in [9.17, 15) is 0 Å². The Kier molecular flexibility index (Phi) is 45.0. The first-order chi connectivity index (χ1) is 2.27. The molecule has 1 atom stereocenters. The van der Waals surface area contributed by atoms with E-state index in [2.05, 4.69) is 4.33 Å². The van der Waals surface area contributed by atoms with Gasteiger partial charge in [0.25, 0.3) is 0 Å². The van der Waals surface area contributed by atoms with E-state index in [-0.39, 0.29) is 64.6 Å². The average Bonchev–Trinajstić information content (AvgIpc) is 1.38. The van der Waals surface area contributed by atoms with Crippen LogP contribution in [0.4, 0.5) is 0 Å². The molecule has 0 radical (unpaired) electrons. The molecule has 0 aromatic carbocycles. The second-order valence-electron chi connectivity index (χ2n) is 0.279. The minimum atomic E-state index is -2.77. The summed E-state index contributed by atoms with van der Waals surface area (Å²) in [6, 6.07) is 0. The molecule has 0 fully saturated rings. The standard InChI is InChI=1S/2Na.H2O4S.H2O/c;;1-4-5(2)3;/h;;1H,(H,2,3);1H2/q2*+1;;/p-2. The summed E-state index contributed by atoms with van der Waals surface area (Å²) in [7, 11) is 0. The van der Waals surface area contributed by atoms with Gasteiger partial charge in [-0.25, -0.2) is 9.47 Å². The van der Waals surface area contributed by atoms with E-state index < -0.39 is 11.4 Å². The molecule has 1 unspecified atom stereocenters. The first-order valence-electron chi connectivity index (χ1n) is 0.683. The van der Waals surface area contributed by atoms with Gasteiger partial charge in [0.05, 0.1) is 0 Å². The maximum atomic E-state index is 8.90. The van der Waals surface area contributed by atoms with Crippen molar-refractivity contribution in [3.63, 3.8) is 0 Å². The molecule has 0 aliphatic rings. The Hall–Kier alpha value is 1.99. The zero-order chi connectivity index (χ0) is 4.28. The first-order valence-corrected chi connectivity index (χ1v) is 1.68. The van der Waals surface area contributed by atoms with Crippen LogP contribution in [0.3, 0.4) is 0 Å². The molecular formula is H2Na2O5S. The molecule has 0 aromatic heterocycles. The summed E-state index contributed by atoms with van der Waals surface area (Å²) in [6.07, 6.45) is 0. The molecular weight excluding hydrogens is 158 g/mol. The monoisotopic (exact) mass is 160 g/mol. The summed E-state index contributed by atoms with van der Waals surface area (Å²) >= 11 is -2.77. The van der Waals surface area contributed by atoms with Crippen LogP contribution in [0.5, 0.6) is 0 Å². The zero-order valence-electron chi connectivity index (χ0n) is 4.53. The minimum absolute atomic E-state index is 0. The molecule has 5 nitrogen and oxygen atoms in total. The largest absolute Gasteiger partial charge is 1.00 e. The molecule has 0 saturated heterocycles. The van der Waals surface area contributed by atoms with Gasteiger partial charge in [-0.05, 0) is 0 Å². The molecule has 40 valence electrons. The van der Waals surface area contributed by atoms with Gasteiger partial charge in [-0.15, -0.1) is 4.33 Å². The maximum Gasteiger partial charge on any atom is 1.00 e. The van der Waals surface area contributed by atoms with Crippen molar-refractivity contribution in [3.8, 4) is 0 Å². The van der Waals surface area contributed by atoms with Gasteiger partial charge in [-0.3, -0.25) is 0 Å². The van der Waals surface area contributed by atoms with Gasteiger partial charge in [0, 0.05) is 0 Å². The van der Waals surface area contributed by atoms with Gasteiger partial charge in [0.15, 0.2) is 0 Å². The topological polar surface area (TPSA) is 99.6 Å². The van der Waals surface area contributed by atoms with Crippen molar-refractivity contribution in [2.75, 3.05) is 0 Å². The van der Waals surface area contributed by atoms with E-state index in [1.54, 1.807) is 0 Å². The van der Waals surface area contributed by atoms with Crippen LogP contribution in [0.25, 0.3) is 0 Å². The Balaban J connectivity index is -0.0000000267. The summed E-state index contributed by atoms with van der Waals surface area (Å²) in [4.78, 5) is 0. The molecule has 8 heavy (non-hydrogen) atoms. The average molecular weight is 160 g/mol. The van der Waals surface area contributed by atoms with Crippen molar-refractivity contribution < 1.29 is 82.9 Å². The Morgan fingerprint density at radius 3 is 1.62 bits per heavy atom. The first kappa shape index (κ1) is 22.5. The van der Waals surface area contributed by atoms with Crippen LogP contribution in [0, 0.1) is 0 Å². The number of hydrogen-bond donors (Lipinski definition) is 1. The molecule has 0 bridgehead atoms. The predicted octanol–water partition coefficient (Wildman–Crippen LogP) is -6.90. The van der Waals surface area contributed by atoms with Crippen LogP contribution in [0.1, 0.15) is 0 Å². The van der Waals surface area contributed by atoms with Crippen molar-refractivity contribution in [2.45, 2.75) is 0 Å². The summed E-state index contributed by atoms with van der Waals surface area (Å²) in [5.41, 5.74) is 0. The molecule has 0 heterocycles. The van der Waals surface area contributed by atoms with Gasteiger partial charge < -0.3 is 10.0 Å². The number of hydrogen-bond acceptors (Lipinski definition) is 5. The third-order valence-corrected chi connectivity index (χ3v) is 0.183. The third-order valence-electron chi connectivity index (χ3n) is 0.0609. The van der Waals surface area contributed by atoms with E-state index in [0.29, 0.717) is 0 Å². The van der Waals surface area contributed by atoms with E-state index in [1.807, 2.05) is 0 Å². The van der Waals surface area contributed by atoms with E-state index >= 15 is 0 Å². The molecule has 0 saturated carbocycles. The van der Waals surface area contributed by atoms with E-state index in [1.165, 1.54) is 0 Å². The third kappa shape index (κ3) is 24.5. The molecule has 0 rings (SSSR count). The van der Waals surface area contributed by atoms with Crippen LogP contribution in [-0.4, -0.2) is 19.5 Å². The van der Waals surface area contributed by atoms with E-state index in [4.69, 9.17) is 14.0 Å². The van der Waals surface area contributed by atoms with Crippen molar-refractivity contribution >= 4 is 11.4 Å². The van der Waals surface area contributed by atoms with Crippen LogP contribution < -0.4 is 59.1 Å². The molecule has 0 aliphatic carbocycles. The van der Waals surface area contributed by atoms with Crippen LogP contribution in [-0.2, 0) is 15.7 Å². The Morgan fingerprint density at radius 2 is 1.62 bits per heavy atom. The Labute approximate surface area is 93.1 Å². The Bertz CT molecular complexity index is 45.7. The maximum absolute atomic E-state index is 8.90. The number of rotatable bonds is 1. The van der Waals surface area contributed by atoms with Crippen molar-refractivity contribution in [1.82, 2.24) is 0 Å². The van der Waals surface area contributed by atoms with Crippen molar-refractivity contribution in [1.29, 1.82) is 0 Å². The van der Waals surface area contributed by atoms with Crippen LogP contribution in [0.2, 0.25) is 0 Å². The quantitative estimate of drug-likeness (QED) is 0.178. The fraction of sp³-hybridized carbons (Fsp3) is 0. The molecule has 2 N–H and O–H groups in total. The predicted molar refractivity (Wildman–Crippen MR) is 14.6 cm³/mol. The molecule has 0 aliphatic heterocycles. The van der Waals surface area contributed by atoms with Crippen LogP contribution in [0.15, 0.2) is 0 Å². The summed E-state index contributed by atoms with van der Waals surface area (Å²) in [6.45, 7) is 0. The smallest absolute Gasteiger partial charge is 0.870 e. The molecule has 0 amide bonds. The zero-order valence-corrected chi connectivity index (χ0v) is 9.34. The molecule has 8 heteroatoms. The fourth-order valence-electron chi connectivity index (χ4n) is 0. The Morgan fingerprint density at radius 1 is 1.50 bits per heavy atom. The summed E-state index contributed by atoms with van der Waals surface area (Å²) in [5.74, 6) is 0. The SMILES string of the molecule is O=S([O-])OO.[Na+].[Na+].[OH-]. The normalized spacial score (nSPS) is 9.25.